The summed E-state index contributed by atoms with van der Waals surface area (Å²) in [5, 5.41) is 18.3. The number of hydrogen-bond acceptors (Lipinski definition) is 4. The molecule has 0 fully saturated rings. The molecule has 0 heterocycles. The van der Waals surface area contributed by atoms with Gasteiger partial charge in [0.05, 0.1) is 25.9 Å². The lowest BCUT2D eigenvalue weighted by Crippen LogP contribution is -2.26. The van der Waals surface area contributed by atoms with E-state index in [9.17, 15) is 5.11 Å². The summed E-state index contributed by atoms with van der Waals surface area (Å²) in [6.45, 7) is 2.20. The van der Waals surface area contributed by atoms with Crippen LogP contribution in [0.2, 0.25) is 0 Å². The average Bonchev–Trinajstić information content (AvgIpc) is 2.36. The largest absolute Gasteiger partial charge is 0.497 e. The first-order valence-electron chi connectivity index (χ1n) is 5.71. The highest BCUT2D eigenvalue weighted by molar-refractivity contribution is 5.26. The van der Waals surface area contributed by atoms with E-state index in [0.717, 1.165) is 11.3 Å². The van der Waals surface area contributed by atoms with Crippen molar-refractivity contribution in [1.29, 1.82) is 0 Å². The quantitative estimate of drug-likeness (QED) is 0.755. The Kier molecular flexibility index (Phi) is 5.97. The maximum atomic E-state index is 9.57. The molecule has 0 bridgehead atoms. The molecule has 0 saturated carbocycles. The van der Waals surface area contributed by atoms with Gasteiger partial charge in [0.25, 0.3) is 0 Å². The standard InChI is InChI=1S/C13H20O4/c1-10(13(15)7-8-14)17-9-11-3-5-12(16-2)6-4-11/h3-6,10,13-15H,7-9H2,1-2H3/t10-,13+/m0/s1. The topological polar surface area (TPSA) is 58.9 Å². The highest BCUT2D eigenvalue weighted by Gasteiger charge is 2.13. The van der Waals surface area contributed by atoms with E-state index in [1.54, 1.807) is 14.0 Å². The van der Waals surface area contributed by atoms with Gasteiger partial charge in [-0.2, -0.15) is 0 Å². The van der Waals surface area contributed by atoms with Crippen LogP contribution in [0, 0.1) is 0 Å². The number of hydrogen-bond donors (Lipinski definition) is 2. The molecule has 0 aliphatic heterocycles. The molecular weight excluding hydrogens is 220 g/mol. The Morgan fingerprint density at radius 1 is 1.24 bits per heavy atom. The van der Waals surface area contributed by atoms with E-state index in [1.165, 1.54) is 0 Å². The number of rotatable bonds is 7. The molecule has 2 N–H and O–H groups in total. The summed E-state index contributed by atoms with van der Waals surface area (Å²) in [7, 11) is 1.62. The van der Waals surface area contributed by atoms with Gasteiger partial charge in [0.2, 0.25) is 0 Å². The molecule has 2 atom stereocenters. The van der Waals surface area contributed by atoms with E-state index in [0.29, 0.717) is 13.0 Å². The number of aliphatic hydroxyl groups is 2. The third-order valence-electron chi connectivity index (χ3n) is 2.64. The Morgan fingerprint density at radius 3 is 2.41 bits per heavy atom. The monoisotopic (exact) mass is 240 g/mol. The molecule has 96 valence electrons. The van der Waals surface area contributed by atoms with Crippen LogP contribution < -0.4 is 4.74 Å². The maximum Gasteiger partial charge on any atom is 0.118 e. The van der Waals surface area contributed by atoms with Crippen molar-refractivity contribution in [2.45, 2.75) is 32.2 Å². The van der Waals surface area contributed by atoms with Crippen molar-refractivity contribution in [3.05, 3.63) is 29.8 Å². The molecule has 4 heteroatoms. The third-order valence-corrected chi connectivity index (χ3v) is 2.64. The van der Waals surface area contributed by atoms with Gasteiger partial charge in [0, 0.05) is 6.61 Å². The second-order valence-corrected chi connectivity index (χ2v) is 3.94. The Morgan fingerprint density at radius 2 is 1.88 bits per heavy atom. The molecule has 0 radical (unpaired) electrons. The van der Waals surface area contributed by atoms with Crippen molar-refractivity contribution >= 4 is 0 Å². The van der Waals surface area contributed by atoms with Crippen LogP contribution in [0.3, 0.4) is 0 Å². The van der Waals surface area contributed by atoms with Crippen molar-refractivity contribution in [3.8, 4) is 5.75 Å². The summed E-state index contributed by atoms with van der Waals surface area (Å²) >= 11 is 0. The molecular formula is C13H20O4. The van der Waals surface area contributed by atoms with Crippen LogP contribution in [0.1, 0.15) is 18.9 Å². The van der Waals surface area contributed by atoms with Crippen molar-refractivity contribution in [3.63, 3.8) is 0 Å². The Balaban J connectivity index is 2.38. The highest BCUT2D eigenvalue weighted by Crippen LogP contribution is 2.13. The van der Waals surface area contributed by atoms with Crippen molar-refractivity contribution in [1.82, 2.24) is 0 Å². The molecule has 17 heavy (non-hydrogen) atoms. The summed E-state index contributed by atoms with van der Waals surface area (Å²) in [5.74, 6) is 0.808. The van der Waals surface area contributed by atoms with E-state index in [4.69, 9.17) is 14.6 Å². The minimum Gasteiger partial charge on any atom is -0.497 e. The molecule has 0 amide bonds. The summed E-state index contributed by atoms with van der Waals surface area (Å²) in [6.07, 6.45) is -0.577. The summed E-state index contributed by atoms with van der Waals surface area (Å²) in [4.78, 5) is 0. The summed E-state index contributed by atoms with van der Waals surface area (Å²) in [6, 6.07) is 7.58. The fourth-order valence-electron chi connectivity index (χ4n) is 1.43. The predicted molar refractivity (Wildman–Crippen MR) is 65.0 cm³/mol. The number of ether oxygens (including phenoxy) is 2. The maximum absolute atomic E-state index is 9.57. The van der Waals surface area contributed by atoms with Crippen molar-refractivity contribution in [2.24, 2.45) is 0 Å². The number of aliphatic hydroxyl groups excluding tert-OH is 2. The smallest absolute Gasteiger partial charge is 0.118 e. The average molecular weight is 240 g/mol. The zero-order valence-electron chi connectivity index (χ0n) is 10.3. The zero-order chi connectivity index (χ0) is 12.7. The molecule has 0 saturated heterocycles. The molecule has 0 unspecified atom stereocenters. The first kappa shape index (κ1) is 14.0. The van der Waals surface area contributed by atoms with E-state index >= 15 is 0 Å². The van der Waals surface area contributed by atoms with Gasteiger partial charge in [-0.1, -0.05) is 12.1 Å². The first-order valence-corrected chi connectivity index (χ1v) is 5.71. The molecule has 0 aromatic heterocycles. The summed E-state index contributed by atoms with van der Waals surface area (Å²) in [5.41, 5.74) is 1.02. The second-order valence-electron chi connectivity index (χ2n) is 3.94. The molecule has 0 spiro atoms. The third kappa shape index (κ3) is 4.73. The van der Waals surface area contributed by atoms with Gasteiger partial charge in [-0.05, 0) is 31.0 Å². The number of benzene rings is 1. The van der Waals surface area contributed by atoms with E-state index in [-0.39, 0.29) is 12.7 Å². The molecule has 1 aromatic carbocycles. The lowest BCUT2D eigenvalue weighted by atomic mass is 10.1. The Bertz CT molecular complexity index is 310. The fourth-order valence-corrected chi connectivity index (χ4v) is 1.43. The molecule has 0 aliphatic rings. The first-order chi connectivity index (χ1) is 8.17. The van der Waals surface area contributed by atoms with Gasteiger partial charge >= 0.3 is 0 Å². The Labute approximate surface area is 102 Å². The normalized spacial score (nSPS) is 14.4. The van der Waals surface area contributed by atoms with Crippen LogP contribution in [0.4, 0.5) is 0 Å². The van der Waals surface area contributed by atoms with Gasteiger partial charge in [0.1, 0.15) is 5.75 Å². The molecule has 0 aliphatic carbocycles. The van der Waals surface area contributed by atoms with Crippen LogP contribution in [0.15, 0.2) is 24.3 Å². The number of methoxy groups -OCH3 is 1. The van der Waals surface area contributed by atoms with Crippen molar-refractivity contribution in [2.75, 3.05) is 13.7 Å². The van der Waals surface area contributed by atoms with E-state index in [2.05, 4.69) is 0 Å². The van der Waals surface area contributed by atoms with Crippen LogP contribution in [-0.2, 0) is 11.3 Å². The van der Waals surface area contributed by atoms with Crippen LogP contribution in [0.5, 0.6) is 5.75 Å². The minimum atomic E-state index is -0.627. The van der Waals surface area contributed by atoms with Gasteiger partial charge in [-0.25, -0.2) is 0 Å². The fraction of sp³-hybridized carbons (Fsp3) is 0.538. The van der Waals surface area contributed by atoms with E-state index in [1.807, 2.05) is 24.3 Å². The van der Waals surface area contributed by atoms with Gasteiger partial charge in [0.15, 0.2) is 0 Å². The lowest BCUT2D eigenvalue weighted by Gasteiger charge is -2.18. The molecule has 1 aromatic rings. The SMILES string of the molecule is COc1ccc(CO[C@@H](C)[C@H](O)CCO)cc1. The predicted octanol–water partition coefficient (Wildman–Crippen LogP) is 1.34. The molecule has 4 nitrogen and oxygen atoms in total. The second kappa shape index (κ2) is 7.27. The van der Waals surface area contributed by atoms with Crippen LogP contribution >= 0.6 is 0 Å². The van der Waals surface area contributed by atoms with Gasteiger partial charge < -0.3 is 19.7 Å². The lowest BCUT2D eigenvalue weighted by molar-refractivity contribution is -0.0429. The minimum absolute atomic E-state index is 0.0304. The van der Waals surface area contributed by atoms with Crippen LogP contribution in [-0.4, -0.2) is 36.1 Å². The highest BCUT2D eigenvalue weighted by atomic mass is 16.5. The molecule has 1 rings (SSSR count). The zero-order valence-corrected chi connectivity index (χ0v) is 10.3. The van der Waals surface area contributed by atoms with E-state index < -0.39 is 6.10 Å². The van der Waals surface area contributed by atoms with Gasteiger partial charge in [-0.15, -0.1) is 0 Å². The van der Waals surface area contributed by atoms with Crippen LogP contribution in [0.25, 0.3) is 0 Å². The Hall–Kier alpha value is -1.10. The summed E-state index contributed by atoms with van der Waals surface area (Å²) < 4.78 is 10.6. The van der Waals surface area contributed by atoms with Crippen molar-refractivity contribution < 1.29 is 19.7 Å². The van der Waals surface area contributed by atoms with Gasteiger partial charge in [-0.3, -0.25) is 0 Å².